The van der Waals surface area contributed by atoms with Gasteiger partial charge in [0.25, 0.3) is 5.91 Å². The van der Waals surface area contributed by atoms with Gasteiger partial charge in [-0.25, -0.2) is 0 Å². The number of hydrogen-bond acceptors (Lipinski definition) is 4. The fourth-order valence-electron chi connectivity index (χ4n) is 1.65. The van der Waals surface area contributed by atoms with Crippen LogP contribution in [0.5, 0.6) is 11.5 Å². The monoisotopic (exact) mass is 302 g/mol. The number of methoxy groups -OCH3 is 1. The molecule has 0 spiro atoms. The summed E-state index contributed by atoms with van der Waals surface area (Å²) in [4.78, 5) is 12.0. The number of phenolic OH excluding ortho intramolecular Hbond substituents is 1. The number of hydrogen-bond donors (Lipinski definition) is 3. The molecular formula is C15H14N2O3S. The van der Waals surface area contributed by atoms with E-state index in [1.54, 1.807) is 49.6 Å². The summed E-state index contributed by atoms with van der Waals surface area (Å²) in [6, 6.07) is 13.3. The highest BCUT2D eigenvalue weighted by molar-refractivity contribution is 7.80. The quantitative estimate of drug-likeness (QED) is 0.600. The average Bonchev–Trinajstić information content (AvgIpc) is 2.49. The van der Waals surface area contributed by atoms with Crippen molar-refractivity contribution in [2.75, 3.05) is 12.4 Å². The predicted molar refractivity (Wildman–Crippen MR) is 84.8 cm³/mol. The van der Waals surface area contributed by atoms with Gasteiger partial charge >= 0.3 is 0 Å². The summed E-state index contributed by atoms with van der Waals surface area (Å²) in [6.07, 6.45) is 0. The molecule has 0 aliphatic rings. The van der Waals surface area contributed by atoms with Crippen molar-refractivity contribution < 1.29 is 14.6 Å². The molecule has 2 aromatic rings. The average molecular weight is 302 g/mol. The first-order valence-corrected chi connectivity index (χ1v) is 6.55. The van der Waals surface area contributed by atoms with Crippen LogP contribution in [0.1, 0.15) is 10.4 Å². The van der Waals surface area contributed by atoms with Crippen molar-refractivity contribution in [3.8, 4) is 11.5 Å². The molecule has 0 unspecified atom stereocenters. The number of rotatable bonds is 3. The lowest BCUT2D eigenvalue weighted by molar-refractivity contribution is 0.0977. The van der Waals surface area contributed by atoms with E-state index in [1.807, 2.05) is 0 Å². The largest absolute Gasteiger partial charge is 0.506 e. The van der Waals surface area contributed by atoms with Crippen LogP contribution in [-0.4, -0.2) is 23.2 Å². The van der Waals surface area contributed by atoms with Crippen molar-refractivity contribution in [3.63, 3.8) is 0 Å². The highest BCUT2D eigenvalue weighted by Crippen LogP contribution is 2.21. The van der Waals surface area contributed by atoms with Gasteiger partial charge in [0.15, 0.2) is 5.11 Å². The molecule has 0 atom stereocenters. The summed E-state index contributed by atoms with van der Waals surface area (Å²) in [5.41, 5.74) is 0.884. The van der Waals surface area contributed by atoms with Gasteiger partial charge in [-0.3, -0.25) is 10.1 Å². The van der Waals surface area contributed by atoms with Crippen molar-refractivity contribution in [1.82, 2.24) is 5.32 Å². The Morgan fingerprint density at radius 1 is 1.14 bits per heavy atom. The molecule has 21 heavy (non-hydrogen) atoms. The summed E-state index contributed by atoms with van der Waals surface area (Å²) in [7, 11) is 1.56. The van der Waals surface area contributed by atoms with Gasteiger partial charge < -0.3 is 15.2 Å². The van der Waals surface area contributed by atoms with Crippen molar-refractivity contribution >= 4 is 28.9 Å². The summed E-state index contributed by atoms with van der Waals surface area (Å²) < 4.78 is 5.02. The molecule has 108 valence electrons. The SMILES string of the molecule is COc1ccc(C(=O)NC(=S)Nc2ccccc2O)cc1. The Morgan fingerprint density at radius 3 is 2.43 bits per heavy atom. The molecule has 0 radical (unpaired) electrons. The van der Waals surface area contributed by atoms with Crippen molar-refractivity contribution in [2.45, 2.75) is 0 Å². The topological polar surface area (TPSA) is 70.6 Å². The Bertz CT molecular complexity index is 656. The minimum Gasteiger partial charge on any atom is -0.506 e. The van der Waals surface area contributed by atoms with Crippen LogP contribution in [0.15, 0.2) is 48.5 Å². The van der Waals surface area contributed by atoms with E-state index in [-0.39, 0.29) is 16.8 Å². The fraction of sp³-hybridized carbons (Fsp3) is 0.0667. The third-order valence-electron chi connectivity index (χ3n) is 2.73. The number of amides is 1. The summed E-state index contributed by atoms with van der Waals surface area (Å²) in [5, 5.41) is 15.0. The van der Waals surface area contributed by atoms with E-state index in [1.165, 1.54) is 6.07 Å². The third-order valence-corrected chi connectivity index (χ3v) is 2.94. The van der Waals surface area contributed by atoms with E-state index in [9.17, 15) is 9.90 Å². The highest BCUT2D eigenvalue weighted by atomic mass is 32.1. The number of aromatic hydroxyl groups is 1. The van der Waals surface area contributed by atoms with Crippen LogP contribution in [0.3, 0.4) is 0 Å². The highest BCUT2D eigenvalue weighted by Gasteiger charge is 2.09. The van der Waals surface area contributed by atoms with Crippen molar-refractivity contribution in [2.24, 2.45) is 0 Å². The standard InChI is InChI=1S/C15H14N2O3S/c1-20-11-8-6-10(7-9-11)14(19)17-15(21)16-12-4-2-3-5-13(12)18/h2-9,18H,1H3,(H2,16,17,19,21). The number of carbonyl (C=O) groups is 1. The van der Waals surface area contributed by atoms with Gasteiger partial charge in [-0.1, -0.05) is 12.1 Å². The Labute approximate surface area is 127 Å². The Balaban J connectivity index is 1.98. The maximum absolute atomic E-state index is 12.0. The minimum absolute atomic E-state index is 0.0542. The Morgan fingerprint density at radius 2 is 1.81 bits per heavy atom. The zero-order valence-corrected chi connectivity index (χ0v) is 12.1. The molecule has 2 rings (SSSR count). The first-order valence-electron chi connectivity index (χ1n) is 6.14. The van der Waals surface area contributed by atoms with Crippen molar-refractivity contribution in [3.05, 3.63) is 54.1 Å². The molecule has 3 N–H and O–H groups in total. The van der Waals surface area contributed by atoms with Crippen LogP contribution >= 0.6 is 12.2 Å². The van der Waals surface area contributed by atoms with Crippen LogP contribution in [0.4, 0.5) is 5.69 Å². The summed E-state index contributed by atoms with van der Waals surface area (Å²) in [6.45, 7) is 0. The number of nitrogens with one attached hydrogen (secondary N) is 2. The molecule has 0 aliphatic carbocycles. The van der Waals surface area contributed by atoms with Gasteiger partial charge in [-0.05, 0) is 48.6 Å². The van der Waals surface area contributed by atoms with Gasteiger partial charge in [-0.15, -0.1) is 0 Å². The maximum Gasteiger partial charge on any atom is 0.257 e. The molecule has 2 aromatic carbocycles. The number of para-hydroxylation sites is 2. The first-order chi connectivity index (χ1) is 10.1. The molecule has 0 bridgehead atoms. The number of benzene rings is 2. The maximum atomic E-state index is 12.0. The Hall–Kier alpha value is -2.60. The number of anilines is 1. The zero-order chi connectivity index (χ0) is 15.2. The second-order valence-corrected chi connectivity index (χ2v) is 4.56. The molecule has 5 nitrogen and oxygen atoms in total. The number of carbonyl (C=O) groups excluding carboxylic acids is 1. The smallest absolute Gasteiger partial charge is 0.257 e. The van der Waals surface area contributed by atoms with Crippen LogP contribution in [0, 0.1) is 0 Å². The lowest BCUT2D eigenvalue weighted by atomic mass is 10.2. The molecule has 0 fully saturated rings. The second kappa shape index (κ2) is 6.71. The summed E-state index contributed by atoms with van der Waals surface area (Å²) >= 11 is 5.04. The molecule has 0 aliphatic heterocycles. The van der Waals surface area contributed by atoms with E-state index in [2.05, 4.69) is 10.6 Å². The second-order valence-electron chi connectivity index (χ2n) is 4.15. The molecule has 0 aromatic heterocycles. The molecular weight excluding hydrogens is 288 g/mol. The lowest BCUT2D eigenvalue weighted by Crippen LogP contribution is -2.34. The molecule has 0 heterocycles. The number of thiocarbonyl (C=S) groups is 1. The van der Waals surface area contributed by atoms with Gasteiger partial charge in [-0.2, -0.15) is 0 Å². The fourth-order valence-corrected chi connectivity index (χ4v) is 1.85. The Kier molecular flexibility index (Phi) is 4.73. The molecule has 6 heteroatoms. The zero-order valence-electron chi connectivity index (χ0n) is 11.3. The van der Waals surface area contributed by atoms with E-state index >= 15 is 0 Å². The third kappa shape index (κ3) is 3.93. The number of phenols is 1. The van der Waals surface area contributed by atoms with Crippen LogP contribution < -0.4 is 15.4 Å². The van der Waals surface area contributed by atoms with E-state index in [0.717, 1.165) is 0 Å². The van der Waals surface area contributed by atoms with E-state index in [0.29, 0.717) is 17.0 Å². The number of ether oxygens (including phenoxy) is 1. The lowest BCUT2D eigenvalue weighted by Gasteiger charge is -2.10. The van der Waals surface area contributed by atoms with Crippen LogP contribution in [0.2, 0.25) is 0 Å². The molecule has 0 saturated carbocycles. The van der Waals surface area contributed by atoms with Crippen molar-refractivity contribution in [1.29, 1.82) is 0 Å². The van der Waals surface area contributed by atoms with E-state index < -0.39 is 0 Å². The van der Waals surface area contributed by atoms with Gasteiger partial charge in [0.05, 0.1) is 12.8 Å². The van der Waals surface area contributed by atoms with Gasteiger partial charge in [0, 0.05) is 5.56 Å². The van der Waals surface area contributed by atoms with E-state index in [4.69, 9.17) is 17.0 Å². The summed E-state index contributed by atoms with van der Waals surface area (Å²) in [5.74, 6) is 0.380. The van der Waals surface area contributed by atoms with Gasteiger partial charge in [0.1, 0.15) is 11.5 Å². The van der Waals surface area contributed by atoms with Gasteiger partial charge in [0.2, 0.25) is 0 Å². The normalized spacial score (nSPS) is 9.76. The predicted octanol–water partition coefficient (Wildman–Crippen LogP) is 2.53. The molecule has 0 saturated heterocycles. The molecule has 1 amide bonds. The van der Waals surface area contributed by atoms with Crippen LogP contribution in [-0.2, 0) is 0 Å². The minimum atomic E-state index is -0.342. The van der Waals surface area contributed by atoms with Crippen LogP contribution in [0.25, 0.3) is 0 Å². The first kappa shape index (κ1) is 14.8.